The third kappa shape index (κ3) is 4.10. The highest BCUT2D eigenvalue weighted by Crippen LogP contribution is 2.42. The fraction of sp³-hybridized carbons (Fsp3) is 0.136. The Balaban J connectivity index is 1.25. The van der Waals surface area contributed by atoms with Crippen LogP contribution in [0.4, 0.5) is 14.5 Å². The van der Waals surface area contributed by atoms with Crippen molar-refractivity contribution < 1.29 is 32.6 Å². The molecule has 11 heteroatoms. The fourth-order valence-electron chi connectivity index (χ4n) is 3.32. The van der Waals surface area contributed by atoms with Crippen LogP contribution in [-0.4, -0.2) is 34.6 Å². The van der Waals surface area contributed by atoms with Crippen molar-refractivity contribution in [1.29, 1.82) is 0 Å². The number of para-hydroxylation sites is 1. The van der Waals surface area contributed by atoms with Gasteiger partial charge in [-0.1, -0.05) is 18.2 Å². The average molecular weight is 471 g/mol. The van der Waals surface area contributed by atoms with Crippen LogP contribution in [-0.2, 0) is 9.53 Å². The molecule has 8 nitrogen and oxygen atoms in total. The number of hydrogen-bond donors (Lipinski definition) is 1. The highest BCUT2D eigenvalue weighted by molar-refractivity contribution is 7.20. The number of esters is 1. The Labute approximate surface area is 189 Å². The number of nitrogens with zero attached hydrogens (tertiary/aromatic N) is 2. The number of fused-ring (bicyclic) bond motifs is 2. The lowest BCUT2D eigenvalue weighted by molar-refractivity contribution is -0.286. The van der Waals surface area contributed by atoms with Crippen molar-refractivity contribution in [3.63, 3.8) is 0 Å². The van der Waals surface area contributed by atoms with E-state index in [0.29, 0.717) is 4.88 Å². The summed E-state index contributed by atoms with van der Waals surface area (Å²) in [6, 6.07) is 15.0. The molecule has 33 heavy (non-hydrogen) atoms. The maximum Gasteiger partial charge on any atom is 0.586 e. The Morgan fingerprint density at radius 2 is 1.88 bits per heavy atom. The van der Waals surface area contributed by atoms with Gasteiger partial charge in [-0.2, -0.15) is 5.10 Å². The predicted octanol–water partition coefficient (Wildman–Crippen LogP) is 4.51. The molecule has 1 amide bonds. The molecule has 0 saturated carbocycles. The number of carbonyl (C=O) groups is 2. The van der Waals surface area contributed by atoms with Crippen LogP contribution in [0.3, 0.4) is 0 Å². The molecule has 0 fully saturated rings. The first kappa shape index (κ1) is 20.9. The van der Waals surface area contributed by atoms with Crippen LogP contribution < -0.4 is 14.8 Å². The molecule has 1 aliphatic rings. The molecule has 0 radical (unpaired) electrons. The summed E-state index contributed by atoms with van der Waals surface area (Å²) in [4.78, 5) is 25.8. The van der Waals surface area contributed by atoms with Gasteiger partial charge in [0.2, 0.25) is 0 Å². The molecule has 1 N–H and O–H groups in total. The number of anilines is 1. The molecule has 0 saturated heterocycles. The number of hydrogen-bond acceptors (Lipinski definition) is 7. The Kier molecular flexibility index (Phi) is 4.97. The Bertz CT molecular complexity index is 1380. The summed E-state index contributed by atoms with van der Waals surface area (Å²) in [5.41, 5.74) is 1.81. The lowest BCUT2D eigenvalue weighted by Gasteiger charge is -2.06. The number of alkyl halides is 2. The van der Waals surface area contributed by atoms with Gasteiger partial charge >= 0.3 is 12.3 Å². The van der Waals surface area contributed by atoms with Gasteiger partial charge in [-0.05, 0) is 37.3 Å². The summed E-state index contributed by atoms with van der Waals surface area (Å²) in [5.74, 6) is -1.64. The molecule has 2 aromatic carbocycles. The largest absolute Gasteiger partial charge is 0.586 e. The maximum absolute atomic E-state index is 13.1. The van der Waals surface area contributed by atoms with Gasteiger partial charge in [0.1, 0.15) is 9.71 Å². The topological polar surface area (TPSA) is 91.7 Å². The quantitative estimate of drug-likeness (QED) is 0.431. The highest BCUT2D eigenvalue weighted by atomic mass is 32.1. The standard InChI is InChI=1S/C22H15F2N3O5S/c1-12-15-10-18(33-20(15)27(26-12)14-5-3-2-4-6-14)21(29)30-11-19(28)25-13-7-8-16-17(9-13)32-22(23,24)31-16/h2-10H,11H2,1H3,(H,25,28). The summed E-state index contributed by atoms with van der Waals surface area (Å²) >= 11 is 1.21. The van der Waals surface area contributed by atoms with Crippen molar-refractivity contribution in [2.45, 2.75) is 13.2 Å². The van der Waals surface area contributed by atoms with Crippen LogP contribution in [0.2, 0.25) is 0 Å². The number of aromatic nitrogens is 2. The molecule has 0 unspecified atom stereocenters. The van der Waals surface area contributed by atoms with Gasteiger partial charge < -0.3 is 19.5 Å². The van der Waals surface area contributed by atoms with Gasteiger partial charge in [0.25, 0.3) is 5.91 Å². The molecular weight excluding hydrogens is 456 g/mol. The van der Waals surface area contributed by atoms with E-state index >= 15 is 0 Å². The number of benzene rings is 2. The van der Waals surface area contributed by atoms with E-state index in [4.69, 9.17) is 4.74 Å². The van der Waals surface area contributed by atoms with Crippen molar-refractivity contribution in [1.82, 2.24) is 9.78 Å². The van der Waals surface area contributed by atoms with Crippen LogP contribution in [0.5, 0.6) is 11.5 Å². The van der Waals surface area contributed by atoms with E-state index in [9.17, 15) is 18.4 Å². The van der Waals surface area contributed by atoms with E-state index in [1.807, 2.05) is 37.3 Å². The van der Waals surface area contributed by atoms with E-state index in [2.05, 4.69) is 19.9 Å². The van der Waals surface area contributed by atoms with Gasteiger partial charge in [0, 0.05) is 17.1 Å². The number of ether oxygens (including phenoxy) is 3. The number of carbonyl (C=O) groups excluding carboxylic acids is 2. The normalized spacial score (nSPS) is 13.8. The molecule has 5 rings (SSSR count). The highest BCUT2D eigenvalue weighted by Gasteiger charge is 2.43. The Morgan fingerprint density at radius 3 is 2.67 bits per heavy atom. The average Bonchev–Trinajstić information content (AvgIpc) is 3.44. The summed E-state index contributed by atoms with van der Waals surface area (Å²) < 4.78 is 41.7. The van der Waals surface area contributed by atoms with Crippen molar-refractivity contribution in [3.05, 3.63) is 65.2 Å². The van der Waals surface area contributed by atoms with E-state index in [1.165, 1.54) is 29.5 Å². The third-order valence-electron chi connectivity index (χ3n) is 4.77. The van der Waals surface area contributed by atoms with Gasteiger partial charge in [0.15, 0.2) is 18.1 Å². The van der Waals surface area contributed by atoms with Crippen molar-refractivity contribution >= 4 is 39.1 Å². The fourth-order valence-corrected chi connectivity index (χ4v) is 4.39. The van der Waals surface area contributed by atoms with Gasteiger partial charge in [-0.25, -0.2) is 9.48 Å². The smallest absolute Gasteiger partial charge is 0.451 e. The predicted molar refractivity (Wildman–Crippen MR) is 115 cm³/mol. The van der Waals surface area contributed by atoms with E-state index in [1.54, 1.807) is 10.7 Å². The molecule has 4 aromatic rings. The first-order chi connectivity index (χ1) is 15.8. The summed E-state index contributed by atoms with van der Waals surface area (Å²) in [6.07, 6.45) is -3.75. The molecule has 0 bridgehead atoms. The van der Waals surface area contributed by atoms with Crippen molar-refractivity contribution in [3.8, 4) is 17.2 Å². The molecule has 3 heterocycles. The number of amides is 1. The molecular formula is C22H15F2N3O5S. The maximum atomic E-state index is 13.1. The van der Waals surface area contributed by atoms with Crippen LogP contribution in [0, 0.1) is 6.92 Å². The Hall–Kier alpha value is -3.99. The number of halogens is 2. The van der Waals surface area contributed by atoms with Crippen LogP contribution in [0.25, 0.3) is 15.9 Å². The number of rotatable bonds is 5. The number of thiophene rings is 1. The SMILES string of the molecule is Cc1nn(-c2ccccc2)c2sc(C(=O)OCC(=O)Nc3ccc4c(c3)OC(F)(F)O4)cc12. The van der Waals surface area contributed by atoms with Crippen LogP contribution in [0.15, 0.2) is 54.6 Å². The number of nitrogens with one attached hydrogen (secondary N) is 1. The monoisotopic (exact) mass is 471 g/mol. The zero-order valence-corrected chi connectivity index (χ0v) is 17.8. The minimum Gasteiger partial charge on any atom is -0.451 e. The number of aryl methyl sites for hydroxylation is 1. The van der Waals surface area contributed by atoms with Gasteiger partial charge in [-0.15, -0.1) is 20.1 Å². The molecule has 168 valence electrons. The summed E-state index contributed by atoms with van der Waals surface area (Å²) in [7, 11) is 0. The molecule has 0 aliphatic carbocycles. The summed E-state index contributed by atoms with van der Waals surface area (Å²) in [5, 5.41) is 7.80. The zero-order valence-electron chi connectivity index (χ0n) is 17.0. The lowest BCUT2D eigenvalue weighted by atomic mass is 10.3. The second-order valence-corrected chi connectivity index (χ2v) is 8.15. The second kappa shape index (κ2) is 7.85. The molecule has 1 aliphatic heterocycles. The Morgan fingerprint density at radius 1 is 1.12 bits per heavy atom. The molecule has 0 atom stereocenters. The van der Waals surface area contributed by atoms with Crippen molar-refractivity contribution in [2.75, 3.05) is 11.9 Å². The minimum absolute atomic E-state index is 0.140. The summed E-state index contributed by atoms with van der Waals surface area (Å²) in [6.45, 7) is 1.29. The van der Waals surface area contributed by atoms with Crippen molar-refractivity contribution in [2.24, 2.45) is 0 Å². The van der Waals surface area contributed by atoms with Crippen LogP contribution >= 0.6 is 11.3 Å². The van der Waals surface area contributed by atoms with E-state index < -0.39 is 24.8 Å². The van der Waals surface area contributed by atoms with Gasteiger partial charge in [0.05, 0.1) is 11.4 Å². The van der Waals surface area contributed by atoms with E-state index in [-0.39, 0.29) is 17.2 Å². The van der Waals surface area contributed by atoms with E-state index in [0.717, 1.165) is 21.6 Å². The zero-order chi connectivity index (χ0) is 23.2. The van der Waals surface area contributed by atoms with Crippen LogP contribution in [0.1, 0.15) is 15.4 Å². The molecule has 0 spiro atoms. The lowest BCUT2D eigenvalue weighted by Crippen LogP contribution is -2.25. The van der Waals surface area contributed by atoms with Gasteiger partial charge in [-0.3, -0.25) is 4.79 Å². The first-order valence-electron chi connectivity index (χ1n) is 9.70. The second-order valence-electron chi connectivity index (χ2n) is 7.12. The molecule has 2 aromatic heterocycles. The third-order valence-corrected chi connectivity index (χ3v) is 5.86. The minimum atomic E-state index is -3.75. The first-order valence-corrected chi connectivity index (χ1v) is 10.5.